The van der Waals surface area contributed by atoms with Crippen molar-refractivity contribution < 1.29 is 24.6 Å². The molecule has 6 heteroatoms. The second-order valence-electron chi connectivity index (χ2n) is 4.39. The first-order valence-corrected chi connectivity index (χ1v) is 6.09. The fourth-order valence-corrected chi connectivity index (χ4v) is 2.02. The molecule has 0 amide bonds. The average Bonchev–Trinajstić information content (AvgIpc) is 2.66. The molecule has 0 bridgehead atoms. The van der Waals surface area contributed by atoms with Gasteiger partial charge in [-0.15, -0.1) is 0 Å². The summed E-state index contributed by atoms with van der Waals surface area (Å²) in [4.78, 5) is 34.8. The van der Waals surface area contributed by atoms with Crippen LogP contribution in [0.25, 0.3) is 0 Å². The number of carbonyl (C=O) groups excluding carboxylic acids is 1. The fraction of sp³-hybridized carbons (Fsp3) is 0.462. The van der Waals surface area contributed by atoms with Gasteiger partial charge in [-0.05, 0) is 37.3 Å². The second kappa shape index (κ2) is 6.72. The Morgan fingerprint density at radius 2 is 1.89 bits per heavy atom. The van der Waals surface area contributed by atoms with Crippen LogP contribution in [0.3, 0.4) is 0 Å². The molecule has 1 rings (SSSR count). The Balaban J connectivity index is 2.66. The number of aromatic carboxylic acids is 1. The molecule has 0 aliphatic heterocycles. The zero-order chi connectivity index (χ0) is 14.4. The molecular formula is C13H17NO5. The van der Waals surface area contributed by atoms with E-state index in [0.29, 0.717) is 43.1 Å². The first-order valence-electron chi connectivity index (χ1n) is 6.09. The normalized spacial score (nSPS) is 10.4. The molecular weight excluding hydrogens is 250 g/mol. The standard InChI is InChI=1S/C13H17NO5/c1-8-9(5-3-2-4-6-11(16)17)12(13(18)19)14-10(8)7-15/h7,14H,2-6H2,1H3,(H,16,17)(H,18,19). The predicted octanol–water partition coefficient (Wildman–Crippen LogP) is 2.02. The zero-order valence-corrected chi connectivity index (χ0v) is 10.7. The maximum absolute atomic E-state index is 11.1. The van der Waals surface area contributed by atoms with Crippen LogP contribution in [0.15, 0.2) is 0 Å². The lowest BCUT2D eigenvalue weighted by Gasteiger charge is -2.02. The molecule has 3 N–H and O–H groups in total. The summed E-state index contributed by atoms with van der Waals surface area (Å²) in [6.45, 7) is 1.71. The summed E-state index contributed by atoms with van der Waals surface area (Å²) in [6.07, 6.45) is 3.24. The van der Waals surface area contributed by atoms with E-state index in [1.165, 1.54) is 0 Å². The van der Waals surface area contributed by atoms with Crippen LogP contribution in [-0.2, 0) is 11.2 Å². The van der Waals surface area contributed by atoms with Gasteiger partial charge in [0.2, 0.25) is 0 Å². The monoisotopic (exact) mass is 267 g/mol. The lowest BCUT2D eigenvalue weighted by molar-refractivity contribution is -0.137. The van der Waals surface area contributed by atoms with Crippen molar-refractivity contribution >= 4 is 18.2 Å². The Morgan fingerprint density at radius 1 is 1.21 bits per heavy atom. The highest BCUT2D eigenvalue weighted by Gasteiger charge is 2.18. The molecule has 6 nitrogen and oxygen atoms in total. The Hall–Kier alpha value is -2.11. The summed E-state index contributed by atoms with van der Waals surface area (Å²) in [7, 11) is 0. The number of carboxylic acids is 2. The van der Waals surface area contributed by atoms with Crippen molar-refractivity contribution in [3.8, 4) is 0 Å². The molecule has 0 saturated carbocycles. The van der Waals surface area contributed by atoms with E-state index in [1.807, 2.05) is 0 Å². The van der Waals surface area contributed by atoms with Crippen LogP contribution in [0.4, 0.5) is 0 Å². The molecule has 0 aromatic carbocycles. The van der Waals surface area contributed by atoms with E-state index >= 15 is 0 Å². The Labute approximate surface area is 110 Å². The van der Waals surface area contributed by atoms with Gasteiger partial charge in [0.15, 0.2) is 6.29 Å². The molecule has 0 radical (unpaired) electrons. The highest BCUT2D eigenvalue weighted by atomic mass is 16.4. The van der Waals surface area contributed by atoms with Crippen molar-refractivity contribution in [3.05, 3.63) is 22.5 Å². The number of hydrogen-bond donors (Lipinski definition) is 3. The van der Waals surface area contributed by atoms with E-state index in [-0.39, 0.29) is 17.8 Å². The van der Waals surface area contributed by atoms with Crippen LogP contribution < -0.4 is 0 Å². The van der Waals surface area contributed by atoms with Crippen molar-refractivity contribution in [3.63, 3.8) is 0 Å². The van der Waals surface area contributed by atoms with Crippen LogP contribution in [-0.4, -0.2) is 33.4 Å². The molecule has 104 valence electrons. The molecule has 1 aromatic rings. The number of aldehydes is 1. The molecule has 0 aliphatic rings. The van der Waals surface area contributed by atoms with Gasteiger partial charge in [0.05, 0.1) is 5.69 Å². The van der Waals surface area contributed by atoms with Crippen LogP contribution in [0.1, 0.15) is 57.8 Å². The lowest BCUT2D eigenvalue weighted by atomic mass is 10.0. The maximum atomic E-state index is 11.1. The summed E-state index contributed by atoms with van der Waals surface area (Å²) in [6, 6.07) is 0. The number of nitrogens with one attached hydrogen (secondary N) is 1. The highest BCUT2D eigenvalue weighted by Crippen LogP contribution is 2.20. The number of hydrogen-bond acceptors (Lipinski definition) is 3. The largest absolute Gasteiger partial charge is 0.481 e. The van der Waals surface area contributed by atoms with E-state index < -0.39 is 11.9 Å². The number of aromatic amines is 1. The van der Waals surface area contributed by atoms with Crippen molar-refractivity contribution in [1.29, 1.82) is 0 Å². The van der Waals surface area contributed by atoms with Crippen molar-refractivity contribution in [1.82, 2.24) is 4.98 Å². The van der Waals surface area contributed by atoms with Gasteiger partial charge < -0.3 is 15.2 Å². The van der Waals surface area contributed by atoms with Crippen LogP contribution in [0, 0.1) is 6.92 Å². The fourth-order valence-electron chi connectivity index (χ4n) is 2.02. The number of H-pyrrole nitrogens is 1. The molecule has 1 heterocycles. The molecule has 0 fully saturated rings. The van der Waals surface area contributed by atoms with Crippen molar-refractivity contribution in [2.24, 2.45) is 0 Å². The van der Waals surface area contributed by atoms with Gasteiger partial charge in [0.25, 0.3) is 0 Å². The minimum Gasteiger partial charge on any atom is -0.481 e. The molecule has 0 spiro atoms. The van der Waals surface area contributed by atoms with E-state index in [1.54, 1.807) is 6.92 Å². The number of carbonyl (C=O) groups is 3. The number of carboxylic acid groups (broad SMARTS) is 2. The van der Waals surface area contributed by atoms with Crippen molar-refractivity contribution in [2.45, 2.75) is 39.0 Å². The number of aliphatic carboxylic acids is 1. The Morgan fingerprint density at radius 3 is 2.42 bits per heavy atom. The second-order valence-corrected chi connectivity index (χ2v) is 4.39. The summed E-state index contributed by atoms with van der Waals surface area (Å²) >= 11 is 0. The van der Waals surface area contributed by atoms with Crippen LogP contribution in [0.5, 0.6) is 0 Å². The third-order valence-electron chi connectivity index (χ3n) is 3.07. The van der Waals surface area contributed by atoms with Gasteiger partial charge in [-0.1, -0.05) is 6.42 Å². The van der Waals surface area contributed by atoms with Crippen LogP contribution in [0.2, 0.25) is 0 Å². The van der Waals surface area contributed by atoms with Gasteiger partial charge in [-0.3, -0.25) is 9.59 Å². The minimum absolute atomic E-state index is 0.0536. The number of aromatic nitrogens is 1. The summed E-state index contributed by atoms with van der Waals surface area (Å²) in [5, 5.41) is 17.6. The van der Waals surface area contributed by atoms with E-state index in [2.05, 4.69) is 4.98 Å². The van der Waals surface area contributed by atoms with Gasteiger partial charge in [-0.25, -0.2) is 4.79 Å². The molecule has 0 atom stereocenters. The summed E-state index contributed by atoms with van der Waals surface area (Å²) < 4.78 is 0. The molecule has 19 heavy (non-hydrogen) atoms. The minimum atomic E-state index is -1.09. The van der Waals surface area contributed by atoms with E-state index in [0.717, 1.165) is 0 Å². The molecule has 0 aliphatic carbocycles. The molecule has 0 saturated heterocycles. The smallest absolute Gasteiger partial charge is 0.352 e. The maximum Gasteiger partial charge on any atom is 0.352 e. The average molecular weight is 267 g/mol. The Kier molecular flexibility index (Phi) is 5.29. The lowest BCUT2D eigenvalue weighted by Crippen LogP contribution is -2.02. The SMILES string of the molecule is Cc1c(C=O)[nH]c(C(=O)O)c1CCCCCC(=O)O. The number of unbranched alkanes of at least 4 members (excludes halogenated alkanes) is 2. The topological polar surface area (TPSA) is 107 Å². The first kappa shape index (κ1) is 14.9. The van der Waals surface area contributed by atoms with Gasteiger partial charge in [0.1, 0.15) is 5.69 Å². The summed E-state index contributed by atoms with van der Waals surface area (Å²) in [5.41, 5.74) is 1.63. The van der Waals surface area contributed by atoms with Gasteiger partial charge in [-0.2, -0.15) is 0 Å². The zero-order valence-electron chi connectivity index (χ0n) is 10.7. The Bertz CT molecular complexity index is 489. The highest BCUT2D eigenvalue weighted by molar-refractivity contribution is 5.90. The third kappa shape index (κ3) is 3.94. The summed E-state index contributed by atoms with van der Waals surface area (Å²) in [5.74, 6) is -1.91. The third-order valence-corrected chi connectivity index (χ3v) is 3.07. The van der Waals surface area contributed by atoms with Crippen LogP contribution >= 0.6 is 0 Å². The van der Waals surface area contributed by atoms with Gasteiger partial charge in [0, 0.05) is 6.42 Å². The molecule has 0 unspecified atom stereocenters. The predicted molar refractivity (Wildman–Crippen MR) is 67.7 cm³/mol. The first-order chi connectivity index (χ1) is 8.97. The van der Waals surface area contributed by atoms with E-state index in [4.69, 9.17) is 10.2 Å². The van der Waals surface area contributed by atoms with Crippen molar-refractivity contribution in [2.75, 3.05) is 0 Å². The number of rotatable bonds is 8. The molecule has 1 aromatic heterocycles. The van der Waals surface area contributed by atoms with Gasteiger partial charge >= 0.3 is 11.9 Å². The van der Waals surface area contributed by atoms with E-state index in [9.17, 15) is 14.4 Å². The quantitative estimate of drug-likeness (QED) is 0.493.